The molecule has 2 N–H and O–H groups in total. The maximum Gasteiger partial charge on any atom is 0.354 e. The Balaban J connectivity index is 1.70. The number of pyridine rings is 1. The summed E-state index contributed by atoms with van der Waals surface area (Å²) in [5.74, 6) is 3.12. The predicted octanol–water partition coefficient (Wildman–Crippen LogP) is 4.55. The third-order valence-corrected chi connectivity index (χ3v) is 6.31. The number of carboxylic acid groups (broad SMARTS) is 1. The number of nitrogens with zero attached hydrogens (tertiary/aromatic N) is 2. The topological polar surface area (TPSA) is 78.5 Å². The van der Waals surface area contributed by atoms with Crippen LogP contribution in [0.2, 0.25) is 0 Å². The van der Waals surface area contributed by atoms with E-state index in [0.29, 0.717) is 5.92 Å². The Hall–Kier alpha value is -3.30. The number of carboxylic acids is 1. The largest absolute Gasteiger partial charge is 0.496 e. The number of methoxy groups -OCH3 is 1. The van der Waals surface area contributed by atoms with E-state index >= 15 is 0 Å². The number of aromatic nitrogens is 2. The molecule has 1 saturated heterocycles. The van der Waals surface area contributed by atoms with E-state index < -0.39 is 5.97 Å². The van der Waals surface area contributed by atoms with Gasteiger partial charge in [0.25, 0.3) is 0 Å². The van der Waals surface area contributed by atoms with Gasteiger partial charge in [0.15, 0.2) is 0 Å². The molecular weight excluding hydrogens is 390 g/mol. The zero-order chi connectivity index (χ0) is 22.0. The van der Waals surface area contributed by atoms with E-state index in [0.717, 1.165) is 60.3 Å². The van der Waals surface area contributed by atoms with Crippen LogP contribution in [0.5, 0.6) is 5.75 Å². The molecule has 0 aliphatic carbocycles. The highest BCUT2D eigenvalue weighted by molar-refractivity contribution is 5.88. The summed E-state index contributed by atoms with van der Waals surface area (Å²) in [4.78, 5) is 21.1. The van der Waals surface area contributed by atoms with Crippen LogP contribution < -0.4 is 4.74 Å². The lowest BCUT2D eigenvalue weighted by molar-refractivity contribution is 0.0690. The first-order valence-corrected chi connectivity index (χ1v) is 10.5. The summed E-state index contributed by atoms with van der Waals surface area (Å²) in [5.41, 5.74) is 4.50. The van der Waals surface area contributed by atoms with Crippen molar-refractivity contribution in [1.82, 2.24) is 14.9 Å². The molecule has 1 aliphatic rings. The highest BCUT2D eigenvalue weighted by Crippen LogP contribution is 2.39. The predicted molar refractivity (Wildman–Crippen MR) is 120 cm³/mol. The summed E-state index contributed by atoms with van der Waals surface area (Å²) in [6.07, 6.45) is 12.0. The molecule has 4 rings (SSSR count). The van der Waals surface area contributed by atoms with Crippen molar-refractivity contribution in [3.05, 3.63) is 59.0 Å². The third kappa shape index (κ3) is 4.14. The Bertz CT molecular complexity index is 1130. The molecule has 6 heteroatoms. The second kappa shape index (κ2) is 8.83. The van der Waals surface area contributed by atoms with Crippen LogP contribution >= 0.6 is 0 Å². The lowest BCUT2D eigenvalue weighted by Crippen LogP contribution is -2.36. The maximum absolute atomic E-state index is 11.2. The van der Waals surface area contributed by atoms with E-state index in [2.05, 4.69) is 39.8 Å². The average molecular weight is 418 g/mol. The number of ether oxygens (including phenoxy) is 1. The fourth-order valence-corrected chi connectivity index (χ4v) is 4.69. The van der Waals surface area contributed by atoms with Crippen LogP contribution in [-0.2, 0) is 6.54 Å². The summed E-state index contributed by atoms with van der Waals surface area (Å²) in [7, 11) is 1.71. The third-order valence-electron chi connectivity index (χ3n) is 6.31. The molecule has 31 heavy (non-hydrogen) atoms. The molecule has 3 heterocycles. The highest BCUT2D eigenvalue weighted by atomic mass is 16.5. The first-order chi connectivity index (χ1) is 15.0. The van der Waals surface area contributed by atoms with Gasteiger partial charge in [0.1, 0.15) is 11.4 Å². The molecular formula is C25H27N3O3. The molecule has 160 valence electrons. The van der Waals surface area contributed by atoms with Crippen molar-refractivity contribution in [2.45, 2.75) is 38.8 Å². The summed E-state index contributed by atoms with van der Waals surface area (Å²) in [5, 5.41) is 10.4. The van der Waals surface area contributed by atoms with Gasteiger partial charge in [-0.3, -0.25) is 4.90 Å². The molecule has 0 bridgehead atoms. The molecule has 2 aromatic heterocycles. The number of carbonyl (C=O) groups is 1. The van der Waals surface area contributed by atoms with Gasteiger partial charge in [-0.1, -0.05) is 6.07 Å². The summed E-state index contributed by atoms with van der Waals surface area (Å²) < 4.78 is 5.74. The summed E-state index contributed by atoms with van der Waals surface area (Å²) >= 11 is 0. The Labute approximate surface area is 182 Å². The lowest BCUT2D eigenvalue weighted by atomic mass is 9.85. The molecule has 1 aromatic carbocycles. The van der Waals surface area contributed by atoms with Crippen LogP contribution in [-0.4, -0.2) is 39.6 Å². The molecule has 0 radical (unpaired) electrons. The smallest absolute Gasteiger partial charge is 0.354 e. The van der Waals surface area contributed by atoms with Crippen LogP contribution in [0, 0.1) is 25.2 Å². The standard InChI is InChI=1S/C25H27N3O3/c1-4-5-17-9-11-28(22(13-17)18-6-7-21(25(29)30)27-14-18)15-20-19-8-10-26-24(19)16(2)12-23(20)31-3/h1,6-8,10,12,14,17,22,26H,5,9,11,13,15H2,2-3H3,(H,29,30)/t17?,22-/m0/s1. The minimum Gasteiger partial charge on any atom is -0.496 e. The first kappa shape index (κ1) is 21.0. The second-order valence-electron chi connectivity index (χ2n) is 8.21. The molecule has 0 spiro atoms. The van der Waals surface area contributed by atoms with Crippen LogP contribution in [0.4, 0.5) is 0 Å². The Morgan fingerprint density at radius 3 is 2.94 bits per heavy atom. The normalized spacial score (nSPS) is 19.3. The van der Waals surface area contributed by atoms with E-state index in [4.69, 9.17) is 11.2 Å². The zero-order valence-corrected chi connectivity index (χ0v) is 17.9. The van der Waals surface area contributed by atoms with Crippen LogP contribution in [0.3, 0.4) is 0 Å². The molecule has 1 fully saturated rings. The summed E-state index contributed by atoms with van der Waals surface area (Å²) in [6.45, 7) is 3.71. The van der Waals surface area contributed by atoms with Gasteiger partial charge in [-0.2, -0.15) is 0 Å². The minimum absolute atomic E-state index is 0.0560. The van der Waals surface area contributed by atoms with Crippen molar-refractivity contribution in [1.29, 1.82) is 0 Å². The van der Waals surface area contributed by atoms with Crippen LogP contribution in [0.15, 0.2) is 36.7 Å². The van der Waals surface area contributed by atoms with Gasteiger partial charge in [-0.05, 0) is 61.6 Å². The average Bonchev–Trinajstić information content (AvgIpc) is 3.27. The number of likely N-dealkylation sites (tertiary alicyclic amines) is 1. The molecule has 1 unspecified atom stereocenters. The van der Waals surface area contributed by atoms with Gasteiger partial charge >= 0.3 is 5.97 Å². The SMILES string of the molecule is C#CCC1CCN(Cc2c(OC)cc(C)c3[nH]ccc23)[C@H](c2ccc(C(=O)O)nc2)C1. The van der Waals surface area contributed by atoms with E-state index in [1.165, 1.54) is 5.39 Å². The number of fused-ring (bicyclic) bond motifs is 1. The molecule has 1 aliphatic heterocycles. The number of terminal acetylenes is 1. The Kier molecular flexibility index (Phi) is 5.97. The van der Waals surface area contributed by atoms with Crippen molar-refractivity contribution in [2.75, 3.05) is 13.7 Å². The number of aromatic carboxylic acids is 1. The lowest BCUT2D eigenvalue weighted by Gasteiger charge is -2.39. The number of hydrogen-bond acceptors (Lipinski definition) is 4. The molecule has 0 amide bonds. The van der Waals surface area contributed by atoms with Crippen LogP contribution in [0.25, 0.3) is 10.9 Å². The van der Waals surface area contributed by atoms with Crippen molar-refractivity contribution in [2.24, 2.45) is 5.92 Å². The minimum atomic E-state index is -1.02. The second-order valence-corrected chi connectivity index (χ2v) is 8.21. The fraction of sp³-hybridized carbons (Fsp3) is 0.360. The van der Waals surface area contributed by atoms with Gasteiger partial charge in [0.05, 0.1) is 7.11 Å². The molecule has 3 aromatic rings. The summed E-state index contributed by atoms with van der Waals surface area (Å²) in [6, 6.07) is 7.76. The molecule has 2 atom stereocenters. The molecule has 0 saturated carbocycles. The van der Waals surface area contributed by atoms with E-state index in [9.17, 15) is 9.90 Å². The number of benzene rings is 1. The number of aromatic amines is 1. The van der Waals surface area contributed by atoms with Gasteiger partial charge in [-0.25, -0.2) is 9.78 Å². The number of H-pyrrole nitrogens is 1. The number of hydrogen-bond donors (Lipinski definition) is 2. The van der Waals surface area contributed by atoms with Crippen LogP contribution in [0.1, 0.15) is 52.5 Å². The Morgan fingerprint density at radius 1 is 1.42 bits per heavy atom. The number of rotatable bonds is 6. The van der Waals surface area contributed by atoms with Gasteiger partial charge in [0, 0.05) is 47.9 Å². The number of nitrogens with one attached hydrogen (secondary N) is 1. The van der Waals surface area contributed by atoms with Crippen molar-refractivity contribution in [3.8, 4) is 18.1 Å². The first-order valence-electron chi connectivity index (χ1n) is 10.5. The molecule has 6 nitrogen and oxygen atoms in total. The zero-order valence-electron chi connectivity index (χ0n) is 17.9. The quantitative estimate of drug-likeness (QED) is 0.575. The number of piperidine rings is 1. The number of aryl methyl sites for hydroxylation is 1. The van der Waals surface area contributed by atoms with Gasteiger partial charge < -0.3 is 14.8 Å². The van der Waals surface area contributed by atoms with Gasteiger partial charge in [0.2, 0.25) is 0 Å². The Morgan fingerprint density at radius 2 is 2.26 bits per heavy atom. The van der Waals surface area contributed by atoms with Crippen molar-refractivity contribution < 1.29 is 14.6 Å². The monoisotopic (exact) mass is 417 g/mol. The van der Waals surface area contributed by atoms with E-state index in [1.54, 1.807) is 19.4 Å². The highest BCUT2D eigenvalue weighted by Gasteiger charge is 2.31. The van der Waals surface area contributed by atoms with E-state index in [-0.39, 0.29) is 11.7 Å². The van der Waals surface area contributed by atoms with Gasteiger partial charge in [-0.15, -0.1) is 12.3 Å². The van der Waals surface area contributed by atoms with E-state index in [1.807, 2.05) is 12.3 Å². The van der Waals surface area contributed by atoms with Crippen molar-refractivity contribution >= 4 is 16.9 Å². The maximum atomic E-state index is 11.2. The fourth-order valence-electron chi connectivity index (χ4n) is 4.69. The van der Waals surface area contributed by atoms with Crippen molar-refractivity contribution in [3.63, 3.8) is 0 Å².